The molecular formula is C10H14O2. The van der Waals surface area contributed by atoms with Gasteiger partial charge >= 0.3 is 0 Å². The molecule has 66 valence electrons. The quantitative estimate of drug-likeness (QED) is 0.548. The lowest BCUT2D eigenvalue weighted by atomic mass is 9.92. The first-order valence-corrected chi connectivity index (χ1v) is 4.92. The molecule has 0 amide bonds. The molecule has 0 spiro atoms. The van der Waals surface area contributed by atoms with E-state index in [2.05, 4.69) is 0 Å². The Morgan fingerprint density at radius 3 is 3.00 bits per heavy atom. The number of rotatable bonds is 0. The van der Waals surface area contributed by atoms with Crippen LogP contribution in [0.25, 0.3) is 0 Å². The molecule has 0 N–H and O–H groups in total. The Kier molecular flexibility index (Phi) is 1.37. The van der Waals surface area contributed by atoms with Crippen LogP contribution in [0.5, 0.6) is 0 Å². The molecule has 3 aliphatic rings. The first-order chi connectivity index (χ1) is 5.93. The topological polar surface area (TPSA) is 18.5 Å². The standard InChI is InChI=1S/C10H14O2/c1-2-8-5-7(1)6-9-10(8)12-4-3-11-9/h7-8H,1-6H2. The molecule has 2 heteroatoms. The van der Waals surface area contributed by atoms with Crippen molar-refractivity contribution in [3.8, 4) is 0 Å². The minimum absolute atomic E-state index is 0.707. The molecule has 1 heterocycles. The molecule has 1 aliphatic heterocycles. The molecule has 0 aromatic rings. The predicted octanol–water partition coefficient (Wildman–Crippen LogP) is 2.06. The van der Waals surface area contributed by atoms with Crippen molar-refractivity contribution in [1.82, 2.24) is 0 Å². The molecule has 0 aromatic carbocycles. The number of hydrogen-bond acceptors (Lipinski definition) is 2. The Hall–Kier alpha value is -0.660. The van der Waals surface area contributed by atoms with Crippen molar-refractivity contribution >= 4 is 0 Å². The maximum Gasteiger partial charge on any atom is 0.137 e. The van der Waals surface area contributed by atoms with Crippen molar-refractivity contribution < 1.29 is 9.47 Å². The van der Waals surface area contributed by atoms with Gasteiger partial charge in [0.05, 0.1) is 0 Å². The van der Waals surface area contributed by atoms with Gasteiger partial charge in [0, 0.05) is 12.3 Å². The Morgan fingerprint density at radius 2 is 2.00 bits per heavy atom. The molecule has 2 bridgehead atoms. The van der Waals surface area contributed by atoms with Crippen LogP contribution in [-0.2, 0) is 9.47 Å². The summed E-state index contributed by atoms with van der Waals surface area (Å²) in [6, 6.07) is 0. The smallest absolute Gasteiger partial charge is 0.137 e. The molecule has 12 heavy (non-hydrogen) atoms. The largest absolute Gasteiger partial charge is 0.491 e. The maximum absolute atomic E-state index is 5.67. The van der Waals surface area contributed by atoms with Gasteiger partial charge in [0.1, 0.15) is 24.7 Å². The zero-order valence-corrected chi connectivity index (χ0v) is 7.21. The van der Waals surface area contributed by atoms with Crippen LogP contribution in [0.3, 0.4) is 0 Å². The van der Waals surface area contributed by atoms with Crippen LogP contribution in [0.4, 0.5) is 0 Å². The first kappa shape index (κ1) is 6.81. The Bertz CT molecular complexity index is 232. The van der Waals surface area contributed by atoms with E-state index in [1.807, 2.05) is 0 Å². The molecule has 3 rings (SSSR count). The Balaban J connectivity index is 1.95. The summed E-state index contributed by atoms with van der Waals surface area (Å²) in [5.41, 5.74) is 0. The van der Waals surface area contributed by atoms with E-state index in [0.29, 0.717) is 5.92 Å². The van der Waals surface area contributed by atoms with Gasteiger partial charge in [-0.3, -0.25) is 0 Å². The highest BCUT2D eigenvalue weighted by atomic mass is 16.6. The molecule has 1 saturated carbocycles. The van der Waals surface area contributed by atoms with E-state index in [9.17, 15) is 0 Å². The van der Waals surface area contributed by atoms with Crippen LogP contribution < -0.4 is 0 Å². The highest BCUT2D eigenvalue weighted by molar-refractivity contribution is 5.15. The third kappa shape index (κ3) is 0.869. The first-order valence-electron chi connectivity index (χ1n) is 4.92. The SMILES string of the molecule is C1COC2=C(CC3CCC2C3)O1. The minimum atomic E-state index is 0.707. The molecule has 2 aliphatic carbocycles. The summed E-state index contributed by atoms with van der Waals surface area (Å²) in [7, 11) is 0. The lowest BCUT2D eigenvalue weighted by Gasteiger charge is -2.29. The van der Waals surface area contributed by atoms with Crippen LogP contribution >= 0.6 is 0 Å². The van der Waals surface area contributed by atoms with Crippen LogP contribution in [-0.4, -0.2) is 13.2 Å². The molecule has 1 fully saturated rings. The summed E-state index contributed by atoms with van der Waals surface area (Å²) in [5.74, 6) is 3.99. The van der Waals surface area contributed by atoms with Gasteiger partial charge in [-0.1, -0.05) is 0 Å². The van der Waals surface area contributed by atoms with Gasteiger partial charge in [-0.2, -0.15) is 0 Å². The normalized spacial score (nSPS) is 38.7. The number of allylic oxidation sites excluding steroid dienone is 2. The average molecular weight is 166 g/mol. The molecule has 0 saturated heterocycles. The molecular weight excluding hydrogens is 152 g/mol. The second-order valence-electron chi connectivity index (χ2n) is 4.06. The highest BCUT2D eigenvalue weighted by Crippen LogP contribution is 2.46. The summed E-state index contributed by atoms with van der Waals surface area (Å²) < 4.78 is 11.3. The third-order valence-corrected chi connectivity index (χ3v) is 3.28. The van der Waals surface area contributed by atoms with Crippen molar-refractivity contribution in [1.29, 1.82) is 0 Å². The van der Waals surface area contributed by atoms with Crippen LogP contribution in [0.2, 0.25) is 0 Å². The van der Waals surface area contributed by atoms with Crippen molar-refractivity contribution in [3.05, 3.63) is 11.5 Å². The lowest BCUT2D eigenvalue weighted by Crippen LogP contribution is -2.22. The number of hydrogen-bond donors (Lipinski definition) is 0. The van der Waals surface area contributed by atoms with Gasteiger partial charge in [-0.15, -0.1) is 0 Å². The predicted molar refractivity (Wildman–Crippen MR) is 44.4 cm³/mol. The fourth-order valence-corrected chi connectivity index (χ4v) is 2.73. The summed E-state index contributed by atoms with van der Waals surface area (Å²) in [5, 5.41) is 0. The molecule has 2 atom stereocenters. The molecule has 0 aromatic heterocycles. The molecule has 2 nitrogen and oxygen atoms in total. The van der Waals surface area contributed by atoms with Gasteiger partial charge in [-0.05, 0) is 25.2 Å². The number of ether oxygens (including phenoxy) is 2. The van der Waals surface area contributed by atoms with Crippen LogP contribution in [0.1, 0.15) is 25.7 Å². The van der Waals surface area contributed by atoms with Crippen molar-refractivity contribution in [2.24, 2.45) is 11.8 Å². The fourth-order valence-electron chi connectivity index (χ4n) is 2.73. The van der Waals surface area contributed by atoms with Crippen molar-refractivity contribution in [2.45, 2.75) is 25.7 Å². The zero-order chi connectivity index (χ0) is 7.97. The fraction of sp³-hybridized carbons (Fsp3) is 0.800. The van der Waals surface area contributed by atoms with E-state index >= 15 is 0 Å². The monoisotopic (exact) mass is 166 g/mol. The van der Waals surface area contributed by atoms with E-state index in [4.69, 9.17) is 9.47 Å². The van der Waals surface area contributed by atoms with E-state index in [0.717, 1.165) is 25.6 Å². The summed E-state index contributed by atoms with van der Waals surface area (Å²) in [6.45, 7) is 1.53. The Labute approximate surface area is 72.5 Å². The lowest BCUT2D eigenvalue weighted by molar-refractivity contribution is 0.0308. The molecule has 2 unspecified atom stereocenters. The van der Waals surface area contributed by atoms with E-state index in [1.54, 1.807) is 0 Å². The molecule has 0 radical (unpaired) electrons. The van der Waals surface area contributed by atoms with Crippen molar-refractivity contribution in [3.63, 3.8) is 0 Å². The minimum Gasteiger partial charge on any atom is -0.491 e. The zero-order valence-electron chi connectivity index (χ0n) is 7.21. The second kappa shape index (κ2) is 2.41. The second-order valence-corrected chi connectivity index (χ2v) is 4.06. The summed E-state index contributed by atoms with van der Waals surface area (Å²) in [6.07, 6.45) is 5.20. The summed E-state index contributed by atoms with van der Waals surface area (Å²) in [4.78, 5) is 0. The number of fused-ring (bicyclic) bond motifs is 3. The average Bonchev–Trinajstić information content (AvgIpc) is 2.49. The highest BCUT2D eigenvalue weighted by Gasteiger charge is 2.37. The van der Waals surface area contributed by atoms with Gasteiger partial charge < -0.3 is 9.47 Å². The third-order valence-electron chi connectivity index (χ3n) is 3.28. The van der Waals surface area contributed by atoms with Gasteiger partial charge in [0.2, 0.25) is 0 Å². The van der Waals surface area contributed by atoms with E-state index in [-0.39, 0.29) is 0 Å². The van der Waals surface area contributed by atoms with Crippen LogP contribution in [0, 0.1) is 11.8 Å². The Morgan fingerprint density at radius 1 is 1.08 bits per heavy atom. The van der Waals surface area contributed by atoms with Gasteiger partial charge in [0.25, 0.3) is 0 Å². The maximum atomic E-state index is 5.67. The van der Waals surface area contributed by atoms with Gasteiger partial charge in [0.15, 0.2) is 0 Å². The van der Waals surface area contributed by atoms with E-state index < -0.39 is 0 Å². The summed E-state index contributed by atoms with van der Waals surface area (Å²) >= 11 is 0. The van der Waals surface area contributed by atoms with Crippen molar-refractivity contribution in [2.75, 3.05) is 13.2 Å². The van der Waals surface area contributed by atoms with Gasteiger partial charge in [-0.25, -0.2) is 0 Å². The van der Waals surface area contributed by atoms with Crippen LogP contribution in [0.15, 0.2) is 11.5 Å². The van der Waals surface area contributed by atoms with E-state index in [1.165, 1.54) is 30.8 Å².